The fraction of sp³-hybridized carbons (Fsp3) is 0.143. The van der Waals surface area contributed by atoms with Gasteiger partial charge >= 0.3 is 0 Å². The molecule has 0 aliphatic carbocycles. The smallest absolute Gasteiger partial charge is 0.251 e. The van der Waals surface area contributed by atoms with E-state index in [0.29, 0.717) is 11.3 Å². The second-order valence-electron chi connectivity index (χ2n) is 2.05. The molecule has 1 heterocycles. The zero-order valence-electron chi connectivity index (χ0n) is 5.91. The van der Waals surface area contributed by atoms with E-state index in [9.17, 15) is 4.79 Å². The van der Waals surface area contributed by atoms with Crippen LogP contribution in [-0.4, -0.2) is 9.55 Å². The van der Waals surface area contributed by atoms with Crippen LogP contribution < -0.4 is 5.56 Å². The fourth-order valence-corrected chi connectivity index (χ4v) is 0.963. The molecule has 0 aromatic carbocycles. The third kappa shape index (κ3) is 1.88. The third-order valence-corrected chi connectivity index (χ3v) is 1.56. The molecule has 1 aromatic heterocycles. The first-order valence-corrected chi connectivity index (χ1v) is 3.55. The molecule has 0 unspecified atom stereocenters. The predicted octanol–water partition coefficient (Wildman–Crippen LogP) is 1.09. The maximum atomic E-state index is 10.7. The van der Waals surface area contributed by atoms with Gasteiger partial charge in [-0.25, -0.2) is 0 Å². The second-order valence-corrected chi connectivity index (χ2v) is 2.44. The first-order valence-electron chi connectivity index (χ1n) is 3.14. The number of H-pyrrole nitrogens is 1. The summed E-state index contributed by atoms with van der Waals surface area (Å²) in [6.07, 6.45) is 3.36. The summed E-state index contributed by atoms with van der Waals surface area (Å²) in [5.74, 6) is 0. The van der Waals surface area contributed by atoms with Gasteiger partial charge in [0.05, 0.1) is 0 Å². The lowest BCUT2D eigenvalue weighted by atomic mass is 10.5. The van der Waals surface area contributed by atoms with E-state index in [0.717, 1.165) is 0 Å². The van der Waals surface area contributed by atoms with Gasteiger partial charge in [0.15, 0.2) is 4.77 Å². The number of allylic oxidation sites excluding steroid dienone is 1. The van der Waals surface area contributed by atoms with Gasteiger partial charge in [-0.05, 0) is 12.2 Å². The van der Waals surface area contributed by atoms with Gasteiger partial charge in [-0.15, -0.1) is 6.58 Å². The van der Waals surface area contributed by atoms with Crippen LogP contribution in [0.15, 0.2) is 29.7 Å². The highest BCUT2D eigenvalue weighted by Crippen LogP contribution is 1.85. The molecule has 0 radical (unpaired) electrons. The van der Waals surface area contributed by atoms with Crippen molar-refractivity contribution >= 4 is 12.2 Å². The monoisotopic (exact) mass is 168 g/mol. The van der Waals surface area contributed by atoms with Crippen LogP contribution in [0.25, 0.3) is 0 Å². The minimum Gasteiger partial charge on any atom is -0.321 e. The molecule has 11 heavy (non-hydrogen) atoms. The van der Waals surface area contributed by atoms with E-state index in [4.69, 9.17) is 12.2 Å². The number of hydrogen-bond acceptors (Lipinski definition) is 2. The molecule has 0 fully saturated rings. The van der Waals surface area contributed by atoms with Gasteiger partial charge in [-0.2, -0.15) is 0 Å². The highest BCUT2D eigenvalue weighted by molar-refractivity contribution is 7.71. The topological polar surface area (TPSA) is 37.8 Å². The van der Waals surface area contributed by atoms with Gasteiger partial charge in [0.1, 0.15) is 0 Å². The highest BCUT2D eigenvalue weighted by atomic mass is 32.1. The number of nitrogens with zero attached hydrogens (tertiary/aromatic N) is 1. The van der Waals surface area contributed by atoms with Crippen LogP contribution in [0.4, 0.5) is 0 Å². The Labute approximate surface area is 69.0 Å². The van der Waals surface area contributed by atoms with Crippen LogP contribution in [0.3, 0.4) is 0 Å². The Kier molecular flexibility index (Phi) is 2.38. The molecule has 3 nitrogen and oxygen atoms in total. The molecule has 0 bridgehead atoms. The molecule has 0 saturated carbocycles. The Morgan fingerprint density at radius 1 is 1.82 bits per heavy atom. The van der Waals surface area contributed by atoms with Crippen molar-refractivity contribution in [3.8, 4) is 0 Å². The number of nitrogens with one attached hydrogen (secondary N) is 1. The highest BCUT2D eigenvalue weighted by Gasteiger charge is 1.87. The van der Waals surface area contributed by atoms with Crippen molar-refractivity contribution in [1.82, 2.24) is 9.55 Å². The number of aromatic nitrogens is 2. The molecule has 1 N–H and O–H groups in total. The summed E-state index contributed by atoms with van der Waals surface area (Å²) in [5.41, 5.74) is -0.171. The Balaban J connectivity index is 3.19. The van der Waals surface area contributed by atoms with E-state index in [2.05, 4.69) is 11.6 Å². The van der Waals surface area contributed by atoms with E-state index >= 15 is 0 Å². The normalized spacial score (nSPS) is 9.45. The van der Waals surface area contributed by atoms with Gasteiger partial charge in [0, 0.05) is 18.8 Å². The summed E-state index contributed by atoms with van der Waals surface area (Å²) in [5, 5.41) is 0. The zero-order valence-corrected chi connectivity index (χ0v) is 6.73. The van der Waals surface area contributed by atoms with E-state index in [1.807, 2.05) is 0 Å². The Morgan fingerprint density at radius 2 is 2.55 bits per heavy atom. The standard InChI is InChI=1S/C7H8N2OS/c1-2-4-9-5-3-6(10)8-7(9)11/h2-3,5H,1,4H2,(H,8,10,11). The third-order valence-electron chi connectivity index (χ3n) is 1.22. The van der Waals surface area contributed by atoms with Gasteiger partial charge < -0.3 is 4.57 Å². The quantitative estimate of drug-likeness (QED) is 0.530. The van der Waals surface area contributed by atoms with Crippen LogP contribution in [0.2, 0.25) is 0 Å². The van der Waals surface area contributed by atoms with E-state index in [-0.39, 0.29) is 5.56 Å². The fourth-order valence-electron chi connectivity index (χ4n) is 0.727. The van der Waals surface area contributed by atoms with Crippen molar-refractivity contribution in [3.05, 3.63) is 40.0 Å². The van der Waals surface area contributed by atoms with Crippen LogP contribution >= 0.6 is 12.2 Å². The van der Waals surface area contributed by atoms with Gasteiger partial charge in [0.25, 0.3) is 5.56 Å². The lowest BCUT2D eigenvalue weighted by Crippen LogP contribution is -2.10. The first-order chi connectivity index (χ1) is 5.24. The average Bonchev–Trinajstić information content (AvgIpc) is 1.95. The molecule has 0 saturated heterocycles. The number of rotatable bonds is 2. The van der Waals surface area contributed by atoms with Crippen LogP contribution in [0, 0.1) is 4.77 Å². The van der Waals surface area contributed by atoms with Crippen molar-refractivity contribution in [3.63, 3.8) is 0 Å². The molecule has 0 amide bonds. The minimum absolute atomic E-state index is 0.171. The lowest BCUT2D eigenvalue weighted by molar-refractivity contribution is 0.763. The number of aromatic amines is 1. The molecule has 0 aliphatic heterocycles. The maximum absolute atomic E-state index is 10.7. The summed E-state index contributed by atoms with van der Waals surface area (Å²) < 4.78 is 2.15. The van der Waals surface area contributed by atoms with Crippen molar-refractivity contribution in [2.75, 3.05) is 0 Å². The molecule has 0 spiro atoms. The Morgan fingerprint density at radius 3 is 3.09 bits per heavy atom. The molecular formula is C7H8N2OS. The van der Waals surface area contributed by atoms with Gasteiger partial charge in [-0.3, -0.25) is 9.78 Å². The van der Waals surface area contributed by atoms with E-state index < -0.39 is 0 Å². The zero-order chi connectivity index (χ0) is 8.27. The maximum Gasteiger partial charge on any atom is 0.251 e. The number of hydrogen-bond donors (Lipinski definition) is 1. The average molecular weight is 168 g/mol. The van der Waals surface area contributed by atoms with Crippen molar-refractivity contribution < 1.29 is 0 Å². The summed E-state index contributed by atoms with van der Waals surface area (Å²) in [6, 6.07) is 1.43. The Hall–Kier alpha value is -1.16. The van der Waals surface area contributed by atoms with Crippen LogP contribution in [-0.2, 0) is 6.54 Å². The summed E-state index contributed by atoms with van der Waals surface area (Å²) in [6.45, 7) is 4.18. The Bertz CT molecular complexity index is 363. The summed E-state index contributed by atoms with van der Waals surface area (Å²) in [7, 11) is 0. The first kappa shape index (κ1) is 7.94. The molecule has 1 aromatic rings. The molecule has 4 heteroatoms. The summed E-state index contributed by atoms with van der Waals surface area (Å²) in [4.78, 5) is 13.2. The largest absolute Gasteiger partial charge is 0.321 e. The van der Waals surface area contributed by atoms with Crippen LogP contribution in [0.1, 0.15) is 0 Å². The molecular weight excluding hydrogens is 160 g/mol. The van der Waals surface area contributed by atoms with Gasteiger partial charge in [0.2, 0.25) is 0 Å². The van der Waals surface area contributed by atoms with Crippen molar-refractivity contribution in [2.24, 2.45) is 0 Å². The SMILES string of the molecule is C=CCn1ccc(=O)[nH]c1=S. The van der Waals surface area contributed by atoms with Crippen molar-refractivity contribution in [1.29, 1.82) is 0 Å². The van der Waals surface area contributed by atoms with E-state index in [1.54, 1.807) is 16.8 Å². The van der Waals surface area contributed by atoms with Gasteiger partial charge in [-0.1, -0.05) is 6.08 Å². The molecule has 58 valence electrons. The van der Waals surface area contributed by atoms with Crippen LogP contribution in [0.5, 0.6) is 0 Å². The minimum atomic E-state index is -0.171. The molecule has 0 aliphatic rings. The summed E-state index contributed by atoms with van der Waals surface area (Å²) >= 11 is 4.86. The van der Waals surface area contributed by atoms with Crippen molar-refractivity contribution in [2.45, 2.75) is 6.54 Å². The molecule has 0 atom stereocenters. The lowest BCUT2D eigenvalue weighted by Gasteiger charge is -1.99. The predicted molar refractivity (Wildman–Crippen MR) is 46.1 cm³/mol. The van der Waals surface area contributed by atoms with E-state index in [1.165, 1.54) is 6.07 Å². The second kappa shape index (κ2) is 3.30. The molecule has 1 rings (SSSR count).